The molecule has 2 aromatic rings. The van der Waals surface area contributed by atoms with E-state index in [1.807, 2.05) is 29.2 Å². The number of hydrogen-bond donors (Lipinski definition) is 1. The average Bonchev–Trinajstić information content (AvgIpc) is 3.30. The van der Waals surface area contributed by atoms with E-state index in [2.05, 4.69) is 20.1 Å². The van der Waals surface area contributed by atoms with Crippen LogP contribution in [0.1, 0.15) is 23.2 Å². The monoisotopic (exact) mass is 427 g/mol. The number of aromatic nitrogens is 1. The number of carbonyl (C=O) groups excluding carboxylic acids is 2. The van der Waals surface area contributed by atoms with Gasteiger partial charge in [-0.05, 0) is 37.1 Å². The van der Waals surface area contributed by atoms with Gasteiger partial charge in [-0.25, -0.2) is 4.98 Å². The normalized spacial score (nSPS) is 17.2. The summed E-state index contributed by atoms with van der Waals surface area (Å²) in [4.78, 5) is 36.1. The summed E-state index contributed by atoms with van der Waals surface area (Å²) in [5.41, 5.74) is 1.29. The molecule has 2 aliphatic rings. The minimum Gasteiger partial charge on any atom is -0.356 e. The molecule has 1 aromatic heterocycles. The van der Waals surface area contributed by atoms with Gasteiger partial charge in [0, 0.05) is 45.5 Å². The summed E-state index contributed by atoms with van der Waals surface area (Å²) in [6, 6.07) is 10.9. The van der Waals surface area contributed by atoms with Crippen LogP contribution in [0.25, 0.3) is 0 Å². The van der Waals surface area contributed by atoms with Crippen molar-refractivity contribution in [2.45, 2.75) is 12.8 Å². The van der Waals surface area contributed by atoms with Crippen LogP contribution < -0.4 is 10.2 Å². The maximum atomic E-state index is 13.1. The van der Waals surface area contributed by atoms with E-state index in [4.69, 9.17) is 11.6 Å². The van der Waals surface area contributed by atoms with E-state index < -0.39 is 0 Å². The second-order valence-electron chi connectivity index (χ2n) is 7.67. The summed E-state index contributed by atoms with van der Waals surface area (Å²) in [6.07, 6.45) is 4.03. The van der Waals surface area contributed by atoms with Crippen LogP contribution in [0, 0.1) is 0 Å². The lowest BCUT2D eigenvalue weighted by Gasteiger charge is -2.35. The van der Waals surface area contributed by atoms with Crippen molar-refractivity contribution < 1.29 is 9.59 Å². The van der Waals surface area contributed by atoms with Crippen molar-refractivity contribution in [1.29, 1.82) is 0 Å². The Bertz CT molecular complexity index is 908. The maximum Gasteiger partial charge on any atom is 0.257 e. The van der Waals surface area contributed by atoms with Crippen LogP contribution in [-0.2, 0) is 4.79 Å². The Labute approximate surface area is 181 Å². The zero-order chi connectivity index (χ0) is 20.9. The van der Waals surface area contributed by atoms with Gasteiger partial charge in [-0.15, -0.1) is 0 Å². The number of hydrogen-bond acceptors (Lipinski definition) is 5. The zero-order valence-electron chi connectivity index (χ0n) is 16.9. The van der Waals surface area contributed by atoms with Gasteiger partial charge in [-0.3, -0.25) is 14.5 Å². The highest BCUT2D eigenvalue weighted by atomic mass is 35.5. The number of halogens is 1. The number of para-hydroxylation sites is 1. The minimum absolute atomic E-state index is 0.0187. The lowest BCUT2D eigenvalue weighted by atomic mass is 10.2. The molecule has 0 spiro atoms. The molecule has 2 saturated heterocycles. The second-order valence-corrected chi connectivity index (χ2v) is 8.07. The van der Waals surface area contributed by atoms with E-state index in [1.54, 1.807) is 18.3 Å². The number of amides is 2. The number of anilines is 2. The quantitative estimate of drug-likeness (QED) is 0.794. The van der Waals surface area contributed by atoms with Crippen molar-refractivity contribution in [3.8, 4) is 0 Å². The fourth-order valence-electron chi connectivity index (χ4n) is 3.98. The van der Waals surface area contributed by atoms with Crippen LogP contribution in [0.5, 0.6) is 0 Å². The number of benzene rings is 1. The van der Waals surface area contributed by atoms with Crippen LogP contribution in [0.2, 0.25) is 5.02 Å². The van der Waals surface area contributed by atoms with E-state index in [9.17, 15) is 9.59 Å². The first kappa shape index (κ1) is 20.6. The van der Waals surface area contributed by atoms with Crippen LogP contribution in [0.4, 0.5) is 11.5 Å². The van der Waals surface area contributed by atoms with Crippen LogP contribution in [-0.4, -0.2) is 72.4 Å². The predicted octanol–water partition coefficient (Wildman–Crippen LogP) is 2.73. The van der Waals surface area contributed by atoms with Crippen molar-refractivity contribution in [2.75, 3.05) is 56.0 Å². The van der Waals surface area contributed by atoms with E-state index in [0.717, 1.165) is 31.7 Å². The third-order valence-electron chi connectivity index (χ3n) is 5.60. The minimum atomic E-state index is -0.105. The standard InChI is InChI=1S/C22H26ClN5O2/c23-18-7-1-2-8-19(18)25-20(29)16-26-12-14-28(15-13-26)22(30)17-6-5-9-24-21(17)27-10-3-4-11-27/h1-2,5-9H,3-4,10-16H2,(H,25,29). The maximum absolute atomic E-state index is 13.1. The molecule has 8 heteroatoms. The summed E-state index contributed by atoms with van der Waals surface area (Å²) in [5.74, 6) is 0.707. The van der Waals surface area contributed by atoms with E-state index >= 15 is 0 Å². The highest BCUT2D eigenvalue weighted by Crippen LogP contribution is 2.24. The summed E-state index contributed by atoms with van der Waals surface area (Å²) in [6.45, 7) is 4.66. The number of carbonyl (C=O) groups is 2. The van der Waals surface area contributed by atoms with Gasteiger partial charge in [0.2, 0.25) is 5.91 Å². The van der Waals surface area contributed by atoms with Crippen molar-refractivity contribution in [3.05, 3.63) is 53.2 Å². The molecule has 0 atom stereocenters. The Balaban J connectivity index is 1.32. The molecule has 0 aliphatic carbocycles. The predicted molar refractivity (Wildman–Crippen MR) is 118 cm³/mol. The molecule has 3 heterocycles. The van der Waals surface area contributed by atoms with Gasteiger partial charge in [0.15, 0.2) is 0 Å². The van der Waals surface area contributed by atoms with Crippen molar-refractivity contribution in [2.24, 2.45) is 0 Å². The first-order chi connectivity index (χ1) is 14.6. The Morgan fingerprint density at radius 2 is 1.70 bits per heavy atom. The number of piperazine rings is 1. The largest absolute Gasteiger partial charge is 0.356 e. The Morgan fingerprint density at radius 1 is 0.967 bits per heavy atom. The Hall–Kier alpha value is -2.64. The van der Waals surface area contributed by atoms with E-state index in [1.165, 1.54) is 0 Å². The highest BCUT2D eigenvalue weighted by Gasteiger charge is 2.27. The SMILES string of the molecule is O=C(CN1CCN(C(=O)c2cccnc2N2CCCC2)CC1)Nc1ccccc1Cl. The number of nitrogens with zero attached hydrogens (tertiary/aromatic N) is 4. The van der Waals surface area contributed by atoms with Crippen LogP contribution in [0.3, 0.4) is 0 Å². The molecule has 2 aliphatic heterocycles. The summed E-state index contributed by atoms with van der Waals surface area (Å²) in [5, 5.41) is 3.37. The molecule has 2 amide bonds. The van der Waals surface area contributed by atoms with Gasteiger partial charge >= 0.3 is 0 Å². The number of nitrogens with one attached hydrogen (secondary N) is 1. The summed E-state index contributed by atoms with van der Waals surface area (Å²) < 4.78 is 0. The molecule has 158 valence electrons. The molecule has 0 bridgehead atoms. The summed E-state index contributed by atoms with van der Waals surface area (Å²) >= 11 is 6.10. The lowest BCUT2D eigenvalue weighted by Crippen LogP contribution is -2.50. The highest BCUT2D eigenvalue weighted by molar-refractivity contribution is 6.33. The van der Waals surface area contributed by atoms with Gasteiger partial charge in [0.05, 0.1) is 22.8 Å². The van der Waals surface area contributed by atoms with Gasteiger partial charge in [0.25, 0.3) is 5.91 Å². The topological polar surface area (TPSA) is 68.8 Å². The molecule has 1 aromatic carbocycles. The third kappa shape index (κ3) is 4.74. The summed E-state index contributed by atoms with van der Waals surface area (Å²) in [7, 11) is 0. The molecule has 1 N–H and O–H groups in total. The van der Waals surface area contributed by atoms with Crippen LogP contribution >= 0.6 is 11.6 Å². The van der Waals surface area contributed by atoms with Crippen LogP contribution in [0.15, 0.2) is 42.6 Å². The zero-order valence-corrected chi connectivity index (χ0v) is 17.6. The average molecular weight is 428 g/mol. The van der Waals surface area contributed by atoms with Gasteiger partial charge < -0.3 is 15.1 Å². The Morgan fingerprint density at radius 3 is 2.43 bits per heavy atom. The molecule has 2 fully saturated rings. The molecular weight excluding hydrogens is 402 g/mol. The van der Waals surface area contributed by atoms with Gasteiger partial charge in [-0.2, -0.15) is 0 Å². The van der Waals surface area contributed by atoms with Gasteiger partial charge in [-0.1, -0.05) is 23.7 Å². The van der Waals surface area contributed by atoms with Gasteiger partial charge in [0.1, 0.15) is 5.82 Å². The Kier molecular flexibility index (Phi) is 6.50. The molecule has 4 rings (SSSR count). The molecule has 7 nitrogen and oxygen atoms in total. The molecule has 0 radical (unpaired) electrons. The molecular formula is C22H26ClN5O2. The third-order valence-corrected chi connectivity index (χ3v) is 5.93. The smallest absolute Gasteiger partial charge is 0.257 e. The fraction of sp³-hybridized carbons (Fsp3) is 0.409. The van der Waals surface area contributed by atoms with Crippen molar-refractivity contribution in [3.63, 3.8) is 0 Å². The fourth-order valence-corrected chi connectivity index (χ4v) is 4.16. The lowest BCUT2D eigenvalue weighted by molar-refractivity contribution is -0.117. The number of pyridine rings is 1. The first-order valence-corrected chi connectivity index (χ1v) is 10.8. The van der Waals surface area contributed by atoms with Crippen molar-refractivity contribution in [1.82, 2.24) is 14.8 Å². The molecule has 0 unspecified atom stereocenters. The van der Waals surface area contributed by atoms with E-state index in [-0.39, 0.29) is 18.4 Å². The molecule has 30 heavy (non-hydrogen) atoms. The molecule has 0 saturated carbocycles. The first-order valence-electron chi connectivity index (χ1n) is 10.4. The van der Waals surface area contributed by atoms with Crippen molar-refractivity contribution >= 4 is 34.9 Å². The second kappa shape index (κ2) is 9.45. The van der Waals surface area contributed by atoms with E-state index in [0.29, 0.717) is 42.5 Å². The number of rotatable bonds is 5.